The molecular weight excluding hydrogens is 402 g/mol. The fourth-order valence-corrected chi connectivity index (χ4v) is 4.49. The van der Waals surface area contributed by atoms with Crippen LogP contribution in [0.4, 0.5) is 0 Å². The van der Waals surface area contributed by atoms with E-state index in [2.05, 4.69) is 23.3 Å². The minimum atomic E-state index is -0.0724. The van der Waals surface area contributed by atoms with E-state index in [1.165, 1.54) is 5.56 Å². The first kappa shape index (κ1) is 21.9. The van der Waals surface area contributed by atoms with Crippen molar-refractivity contribution >= 4 is 22.7 Å². The molecule has 2 amide bonds. The van der Waals surface area contributed by atoms with Crippen molar-refractivity contribution in [3.63, 3.8) is 0 Å². The summed E-state index contributed by atoms with van der Waals surface area (Å²) in [6.45, 7) is 5.94. The molecule has 0 aliphatic carbocycles. The number of aromatic nitrogens is 1. The second-order valence-electron chi connectivity index (χ2n) is 8.70. The fourth-order valence-electron chi connectivity index (χ4n) is 4.49. The Morgan fingerprint density at radius 3 is 2.62 bits per heavy atom. The molecular formula is C26H31N3O3. The van der Waals surface area contributed by atoms with Gasteiger partial charge in [0.05, 0.1) is 7.11 Å². The summed E-state index contributed by atoms with van der Waals surface area (Å²) in [7, 11) is 1.63. The minimum absolute atomic E-state index is 0.00951. The highest BCUT2D eigenvalue weighted by Crippen LogP contribution is 2.27. The summed E-state index contributed by atoms with van der Waals surface area (Å²) >= 11 is 0. The van der Waals surface area contributed by atoms with Gasteiger partial charge in [0, 0.05) is 42.5 Å². The molecule has 1 saturated heterocycles. The molecule has 2 heterocycles. The summed E-state index contributed by atoms with van der Waals surface area (Å²) in [6.07, 6.45) is 1.66. The van der Waals surface area contributed by atoms with E-state index < -0.39 is 0 Å². The van der Waals surface area contributed by atoms with Crippen LogP contribution < -0.4 is 10.1 Å². The van der Waals surface area contributed by atoms with Gasteiger partial charge in [-0.15, -0.1) is 0 Å². The number of benzene rings is 2. The van der Waals surface area contributed by atoms with Gasteiger partial charge in [0.2, 0.25) is 5.91 Å². The van der Waals surface area contributed by atoms with Crippen LogP contribution >= 0.6 is 0 Å². The van der Waals surface area contributed by atoms with E-state index in [4.69, 9.17) is 4.74 Å². The number of nitrogens with zero attached hydrogens (tertiary/aromatic N) is 1. The predicted octanol–water partition coefficient (Wildman–Crippen LogP) is 4.29. The van der Waals surface area contributed by atoms with Crippen LogP contribution in [0.15, 0.2) is 48.5 Å². The first-order valence-electron chi connectivity index (χ1n) is 11.2. The lowest BCUT2D eigenvalue weighted by atomic mass is 9.84. The monoisotopic (exact) mass is 433 g/mol. The van der Waals surface area contributed by atoms with Gasteiger partial charge >= 0.3 is 0 Å². The van der Waals surface area contributed by atoms with E-state index in [0.29, 0.717) is 25.3 Å². The van der Waals surface area contributed by atoms with Gasteiger partial charge in [-0.1, -0.05) is 31.2 Å². The average molecular weight is 434 g/mol. The Kier molecular flexibility index (Phi) is 6.49. The third kappa shape index (κ3) is 4.64. The van der Waals surface area contributed by atoms with Crippen molar-refractivity contribution in [3.05, 3.63) is 65.4 Å². The van der Waals surface area contributed by atoms with Gasteiger partial charge in [0.15, 0.2) is 0 Å². The SMILES string of the molecule is COc1ccc2cc(C(=O)N3CCC(C(C)C(=O)NCc4ccccc4C)CC3)[nH]c2c1. The molecule has 0 bridgehead atoms. The maximum atomic E-state index is 13.0. The van der Waals surface area contributed by atoms with Gasteiger partial charge in [-0.2, -0.15) is 0 Å². The van der Waals surface area contributed by atoms with Gasteiger partial charge in [-0.3, -0.25) is 9.59 Å². The number of hydrogen-bond acceptors (Lipinski definition) is 3. The van der Waals surface area contributed by atoms with Crippen LogP contribution in [0.25, 0.3) is 10.9 Å². The number of carbonyl (C=O) groups excluding carboxylic acids is 2. The number of aryl methyl sites for hydroxylation is 1. The Morgan fingerprint density at radius 1 is 1.16 bits per heavy atom. The molecule has 32 heavy (non-hydrogen) atoms. The molecule has 1 aliphatic rings. The fraction of sp³-hybridized carbons (Fsp3) is 0.385. The molecule has 168 valence electrons. The number of methoxy groups -OCH3 is 1. The molecule has 0 saturated carbocycles. The third-order valence-electron chi connectivity index (χ3n) is 6.72. The number of ether oxygens (including phenoxy) is 1. The summed E-state index contributed by atoms with van der Waals surface area (Å²) < 4.78 is 5.26. The van der Waals surface area contributed by atoms with Gasteiger partial charge in [-0.25, -0.2) is 0 Å². The van der Waals surface area contributed by atoms with Crippen molar-refractivity contribution in [1.82, 2.24) is 15.2 Å². The van der Waals surface area contributed by atoms with Crippen LogP contribution in [0, 0.1) is 18.8 Å². The topological polar surface area (TPSA) is 74.4 Å². The van der Waals surface area contributed by atoms with Crippen LogP contribution in [-0.4, -0.2) is 41.9 Å². The quantitative estimate of drug-likeness (QED) is 0.609. The molecule has 0 radical (unpaired) electrons. The number of H-pyrrole nitrogens is 1. The van der Waals surface area contributed by atoms with Crippen LogP contribution in [0.1, 0.15) is 41.4 Å². The molecule has 4 rings (SSSR count). The van der Waals surface area contributed by atoms with Crippen LogP contribution in [0.2, 0.25) is 0 Å². The molecule has 2 aromatic carbocycles. The zero-order valence-electron chi connectivity index (χ0n) is 19.0. The maximum Gasteiger partial charge on any atom is 0.270 e. The molecule has 1 atom stereocenters. The lowest BCUT2D eigenvalue weighted by molar-refractivity contribution is -0.126. The van der Waals surface area contributed by atoms with Crippen molar-refractivity contribution in [1.29, 1.82) is 0 Å². The average Bonchev–Trinajstić information content (AvgIpc) is 3.26. The number of nitrogens with one attached hydrogen (secondary N) is 2. The summed E-state index contributed by atoms with van der Waals surface area (Å²) in [5.41, 5.74) is 3.81. The van der Waals surface area contributed by atoms with E-state index >= 15 is 0 Å². The van der Waals surface area contributed by atoms with Crippen molar-refractivity contribution < 1.29 is 14.3 Å². The lowest BCUT2D eigenvalue weighted by Gasteiger charge is -2.34. The highest BCUT2D eigenvalue weighted by molar-refractivity contribution is 5.98. The molecule has 1 fully saturated rings. The molecule has 6 nitrogen and oxygen atoms in total. The number of carbonyl (C=O) groups is 2. The van der Waals surface area contributed by atoms with E-state index in [1.54, 1.807) is 7.11 Å². The summed E-state index contributed by atoms with van der Waals surface area (Å²) in [4.78, 5) is 30.8. The number of amides is 2. The van der Waals surface area contributed by atoms with E-state index in [0.717, 1.165) is 35.1 Å². The number of hydrogen-bond donors (Lipinski definition) is 2. The number of piperidine rings is 1. The third-order valence-corrected chi connectivity index (χ3v) is 6.72. The predicted molar refractivity (Wildman–Crippen MR) is 126 cm³/mol. The van der Waals surface area contributed by atoms with Crippen molar-refractivity contribution in [2.75, 3.05) is 20.2 Å². The van der Waals surface area contributed by atoms with Gasteiger partial charge in [-0.05, 0) is 55.0 Å². The van der Waals surface area contributed by atoms with Gasteiger partial charge < -0.3 is 19.9 Å². The maximum absolute atomic E-state index is 13.0. The molecule has 6 heteroatoms. The van der Waals surface area contributed by atoms with Crippen LogP contribution in [-0.2, 0) is 11.3 Å². The highest BCUT2D eigenvalue weighted by atomic mass is 16.5. The first-order valence-corrected chi connectivity index (χ1v) is 11.2. The van der Waals surface area contributed by atoms with Crippen LogP contribution in [0.5, 0.6) is 5.75 Å². The number of aromatic amines is 1. The molecule has 1 aromatic heterocycles. The Hall–Kier alpha value is -3.28. The Balaban J connectivity index is 1.31. The van der Waals surface area contributed by atoms with Crippen LogP contribution in [0.3, 0.4) is 0 Å². The molecule has 0 spiro atoms. The second kappa shape index (κ2) is 9.47. The van der Waals surface area contributed by atoms with Crippen molar-refractivity contribution in [3.8, 4) is 5.75 Å². The van der Waals surface area contributed by atoms with Gasteiger partial charge in [0.1, 0.15) is 11.4 Å². The Morgan fingerprint density at radius 2 is 1.91 bits per heavy atom. The number of likely N-dealkylation sites (tertiary alicyclic amines) is 1. The minimum Gasteiger partial charge on any atom is -0.497 e. The molecule has 2 N–H and O–H groups in total. The number of fused-ring (bicyclic) bond motifs is 1. The van der Waals surface area contributed by atoms with Crippen molar-refractivity contribution in [2.45, 2.75) is 33.2 Å². The molecule has 1 unspecified atom stereocenters. The zero-order valence-corrected chi connectivity index (χ0v) is 19.0. The van der Waals surface area contributed by atoms with E-state index in [1.807, 2.05) is 54.3 Å². The summed E-state index contributed by atoms with van der Waals surface area (Å²) in [5, 5.41) is 4.08. The summed E-state index contributed by atoms with van der Waals surface area (Å²) in [6, 6.07) is 15.7. The van der Waals surface area contributed by atoms with E-state index in [9.17, 15) is 9.59 Å². The lowest BCUT2D eigenvalue weighted by Crippen LogP contribution is -2.42. The Bertz CT molecular complexity index is 1110. The zero-order chi connectivity index (χ0) is 22.7. The van der Waals surface area contributed by atoms with Gasteiger partial charge in [0.25, 0.3) is 5.91 Å². The van der Waals surface area contributed by atoms with E-state index in [-0.39, 0.29) is 23.7 Å². The molecule has 1 aliphatic heterocycles. The Labute approximate surface area is 188 Å². The second-order valence-corrected chi connectivity index (χ2v) is 8.70. The highest BCUT2D eigenvalue weighted by Gasteiger charge is 2.30. The standard InChI is InChI=1S/C26H31N3O3/c1-17-6-4-5-7-21(17)16-27-25(30)18(2)19-10-12-29(13-11-19)26(31)24-14-20-8-9-22(32-3)15-23(20)28-24/h4-9,14-15,18-19,28H,10-13,16H2,1-3H3,(H,27,30). The van der Waals surface area contributed by atoms with Crippen molar-refractivity contribution in [2.24, 2.45) is 11.8 Å². The first-order chi connectivity index (χ1) is 15.5. The smallest absolute Gasteiger partial charge is 0.270 e. The normalized spacial score (nSPS) is 15.5. The largest absolute Gasteiger partial charge is 0.497 e. The number of rotatable bonds is 6. The molecule has 3 aromatic rings. The summed E-state index contributed by atoms with van der Waals surface area (Å²) in [5.74, 6) is 1.06.